The van der Waals surface area contributed by atoms with Gasteiger partial charge in [-0.15, -0.1) is 0 Å². The summed E-state index contributed by atoms with van der Waals surface area (Å²) in [6.45, 7) is 0.0653. The van der Waals surface area contributed by atoms with Crippen molar-refractivity contribution in [3.8, 4) is 11.5 Å². The highest BCUT2D eigenvalue weighted by molar-refractivity contribution is 5.30. The first kappa shape index (κ1) is 13.4. The molecular weight excluding hydrogens is 247 g/mol. The van der Waals surface area contributed by atoms with E-state index in [1.165, 1.54) is 19.2 Å². The molecule has 100 valence electrons. The van der Waals surface area contributed by atoms with Crippen molar-refractivity contribution in [3.63, 3.8) is 0 Å². The second-order valence-corrected chi connectivity index (χ2v) is 4.03. The molecule has 0 bridgehead atoms. The molecule has 1 N–H and O–H groups in total. The van der Waals surface area contributed by atoms with Crippen molar-refractivity contribution in [2.45, 2.75) is 6.10 Å². The van der Waals surface area contributed by atoms with Gasteiger partial charge in [0.25, 0.3) is 0 Å². The lowest BCUT2D eigenvalue weighted by Crippen LogP contribution is -2.10. The van der Waals surface area contributed by atoms with Crippen molar-refractivity contribution < 1.29 is 19.0 Å². The first-order chi connectivity index (χ1) is 9.20. The number of para-hydroxylation sites is 1. The number of benzene rings is 2. The summed E-state index contributed by atoms with van der Waals surface area (Å²) in [6.07, 6.45) is -0.888. The van der Waals surface area contributed by atoms with Gasteiger partial charge < -0.3 is 14.6 Å². The topological polar surface area (TPSA) is 38.7 Å². The van der Waals surface area contributed by atoms with E-state index < -0.39 is 11.9 Å². The highest BCUT2D eigenvalue weighted by atomic mass is 19.1. The summed E-state index contributed by atoms with van der Waals surface area (Å²) in [5, 5.41) is 9.94. The van der Waals surface area contributed by atoms with Crippen molar-refractivity contribution in [2.75, 3.05) is 13.7 Å². The van der Waals surface area contributed by atoms with Crippen LogP contribution in [-0.4, -0.2) is 18.8 Å². The summed E-state index contributed by atoms with van der Waals surface area (Å²) in [5.41, 5.74) is 0.453. The Morgan fingerprint density at radius 3 is 2.53 bits per heavy atom. The van der Waals surface area contributed by atoms with E-state index in [-0.39, 0.29) is 12.4 Å². The summed E-state index contributed by atoms with van der Waals surface area (Å²) in [6, 6.07) is 13.5. The molecule has 19 heavy (non-hydrogen) atoms. The monoisotopic (exact) mass is 262 g/mol. The molecule has 0 saturated carbocycles. The van der Waals surface area contributed by atoms with E-state index >= 15 is 0 Å². The Balaban J connectivity index is 2.00. The van der Waals surface area contributed by atoms with Crippen LogP contribution in [0.5, 0.6) is 11.5 Å². The Morgan fingerprint density at radius 1 is 1.16 bits per heavy atom. The molecule has 2 aromatic rings. The van der Waals surface area contributed by atoms with Gasteiger partial charge >= 0.3 is 0 Å². The molecule has 0 saturated heterocycles. The van der Waals surface area contributed by atoms with E-state index in [9.17, 15) is 9.50 Å². The fraction of sp³-hybridized carbons (Fsp3) is 0.200. The maximum Gasteiger partial charge on any atom is 0.165 e. The molecule has 3 nitrogen and oxygen atoms in total. The first-order valence-electron chi connectivity index (χ1n) is 5.90. The highest BCUT2D eigenvalue weighted by Gasteiger charge is 2.11. The van der Waals surface area contributed by atoms with Crippen LogP contribution in [0, 0.1) is 5.82 Å². The van der Waals surface area contributed by atoms with Gasteiger partial charge in [0.15, 0.2) is 11.6 Å². The van der Waals surface area contributed by atoms with Gasteiger partial charge in [-0.2, -0.15) is 0 Å². The van der Waals surface area contributed by atoms with Gasteiger partial charge in [-0.3, -0.25) is 0 Å². The van der Waals surface area contributed by atoms with E-state index in [4.69, 9.17) is 9.47 Å². The molecule has 0 amide bonds. The molecule has 2 rings (SSSR count). The van der Waals surface area contributed by atoms with Gasteiger partial charge in [0.05, 0.1) is 7.11 Å². The third-order valence-corrected chi connectivity index (χ3v) is 2.71. The third kappa shape index (κ3) is 3.45. The lowest BCUT2D eigenvalue weighted by Gasteiger charge is -2.13. The van der Waals surface area contributed by atoms with E-state index in [0.717, 1.165) is 0 Å². The molecule has 4 heteroatoms. The normalized spacial score (nSPS) is 11.9. The Labute approximate surface area is 111 Å². The molecule has 0 heterocycles. The quantitative estimate of drug-likeness (QED) is 0.900. The lowest BCUT2D eigenvalue weighted by molar-refractivity contribution is 0.108. The second kappa shape index (κ2) is 6.20. The Hall–Kier alpha value is -2.07. The summed E-state index contributed by atoms with van der Waals surface area (Å²) < 4.78 is 23.7. The summed E-state index contributed by atoms with van der Waals surface area (Å²) in [7, 11) is 1.40. The maximum atomic E-state index is 13.5. The number of aliphatic hydroxyl groups excluding tert-OH is 1. The number of halogens is 1. The average Bonchev–Trinajstić information content (AvgIpc) is 2.45. The Bertz CT molecular complexity index is 528. The average molecular weight is 262 g/mol. The van der Waals surface area contributed by atoms with Gasteiger partial charge in [-0.05, 0) is 29.8 Å². The summed E-state index contributed by atoms with van der Waals surface area (Å²) in [5.74, 6) is 0.314. The molecular formula is C15H15FO3. The first-order valence-corrected chi connectivity index (χ1v) is 5.90. The number of methoxy groups -OCH3 is 1. The molecule has 0 spiro atoms. The maximum absolute atomic E-state index is 13.5. The number of hydrogen-bond acceptors (Lipinski definition) is 3. The van der Waals surface area contributed by atoms with Crippen molar-refractivity contribution in [1.29, 1.82) is 0 Å². The SMILES string of the molecule is COc1ccc(C(O)COc2ccccc2)cc1F. The van der Waals surface area contributed by atoms with Crippen LogP contribution in [0.1, 0.15) is 11.7 Å². The Kier molecular flexibility index (Phi) is 4.36. The molecule has 1 unspecified atom stereocenters. The molecule has 0 aromatic heterocycles. The van der Waals surface area contributed by atoms with Crippen LogP contribution in [-0.2, 0) is 0 Å². The van der Waals surface area contributed by atoms with Crippen LogP contribution in [0.4, 0.5) is 4.39 Å². The lowest BCUT2D eigenvalue weighted by atomic mass is 10.1. The van der Waals surface area contributed by atoms with E-state index in [2.05, 4.69) is 0 Å². The molecule has 0 aliphatic heterocycles. The van der Waals surface area contributed by atoms with Crippen LogP contribution >= 0.6 is 0 Å². The largest absolute Gasteiger partial charge is 0.494 e. The zero-order chi connectivity index (χ0) is 13.7. The van der Waals surface area contributed by atoms with E-state index in [1.54, 1.807) is 18.2 Å². The van der Waals surface area contributed by atoms with Crippen LogP contribution in [0.3, 0.4) is 0 Å². The van der Waals surface area contributed by atoms with E-state index in [1.807, 2.05) is 18.2 Å². The standard InChI is InChI=1S/C15H15FO3/c1-18-15-8-7-11(9-13(15)16)14(17)10-19-12-5-3-2-4-6-12/h2-9,14,17H,10H2,1H3. The van der Waals surface area contributed by atoms with E-state index in [0.29, 0.717) is 11.3 Å². The molecule has 0 radical (unpaired) electrons. The van der Waals surface area contributed by atoms with Gasteiger partial charge in [0.2, 0.25) is 0 Å². The minimum Gasteiger partial charge on any atom is -0.494 e. The zero-order valence-corrected chi connectivity index (χ0v) is 10.5. The predicted octanol–water partition coefficient (Wildman–Crippen LogP) is 2.95. The molecule has 2 aromatic carbocycles. The van der Waals surface area contributed by atoms with Crippen LogP contribution in [0.2, 0.25) is 0 Å². The molecule has 0 aliphatic carbocycles. The van der Waals surface area contributed by atoms with Crippen molar-refractivity contribution in [1.82, 2.24) is 0 Å². The predicted molar refractivity (Wildman–Crippen MR) is 69.8 cm³/mol. The highest BCUT2D eigenvalue weighted by Crippen LogP contribution is 2.22. The molecule has 1 atom stereocenters. The fourth-order valence-corrected chi connectivity index (χ4v) is 1.68. The zero-order valence-electron chi connectivity index (χ0n) is 10.5. The van der Waals surface area contributed by atoms with Gasteiger partial charge in [-0.1, -0.05) is 24.3 Å². The van der Waals surface area contributed by atoms with Gasteiger partial charge in [0.1, 0.15) is 18.5 Å². The number of rotatable bonds is 5. The van der Waals surface area contributed by atoms with Crippen LogP contribution in [0.25, 0.3) is 0 Å². The number of ether oxygens (including phenoxy) is 2. The van der Waals surface area contributed by atoms with Crippen LogP contribution in [0.15, 0.2) is 48.5 Å². The van der Waals surface area contributed by atoms with Crippen LogP contribution < -0.4 is 9.47 Å². The minimum atomic E-state index is -0.888. The molecule has 0 aliphatic rings. The second-order valence-electron chi connectivity index (χ2n) is 4.03. The Morgan fingerprint density at radius 2 is 1.89 bits per heavy atom. The van der Waals surface area contributed by atoms with Crippen molar-refractivity contribution >= 4 is 0 Å². The van der Waals surface area contributed by atoms with Crippen molar-refractivity contribution in [2.24, 2.45) is 0 Å². The van der Waals surface area contributed by atoms with Gasteiger partial charge in [-0.25, -0.2) is 4.39 Å². The van der Waals surface area contributed by atoms with Crippen molar-refractivity contribution in [3.05, 3.63) is 59.9 Å². The fourth-order valence-electron chi connectivity index (χ4n) is 1.68. The number of aliphatic hydroxyl groups is 1. The smallest absolute Gasteiger partial charge is 0.165 e. The summed E-state index contributed by atoms with van der Waals surface area (Å²) >= 11 is 0. The molecule has 0 fully saturated rings. The number of hydrogen-bond donors (Lipinski definition) is 1. The van der Waals surface area contributed by atoms with Gasteiger partial charge in [0, 0.05) is 0 Å². The minimum absolute atomic E-state index is 0.0653. The third-order valence-electron chi connectivity index (χ3n) is 2.71. The summed E-state index contributed by atoms with van der Waals surface area (Å²) in [4.78, 5) is 0.